The lowest BCUT2D eigenvalue weighted by Crippen LogP contribution is -2.11. The van der Waals surface area contributed by atoms with Crippen LogP contribution in [-0.4, -0.2) is 33.0 Å². The molecule has 7 heteroatoms. The fourth-order valence-corrected chi connectivity index (χ4v) is 3.57. The van der Waals surface area contributed by atoms with Crippen LogP contribution in [-0.2, 0) is 0 Å². The summed E-state index contributed by atoms with van der Waals surface area (Å²) in [7, 11) is 4.62. The maximum Gasteiger partial charge on any atom is 0.255 e. The lowest BCUT2D eigenvalue weighted by Gasteiger charge is -2.08. The molecular formula is C26H23NO6. The number of methoxy groups -OCH3 is 3. The van der Waals surface area contributed by atoms with Crippen molar-refractivity contribution < 1.29 is 28.2 Å². The molecule has 1 aromatic heterocycles. The van der Waals surface area contributed by atoms with Crippen molar-refractivity contribution in [3.05, 3.63) is 83.1 Å². The third-order valence-corrected chi connectivity index (χ3v) is 5.40. The van der Waals surface area contributed by atoms with Gasteiger partial charge in [-0.1, -0.05) is 0 Å². The van der Waals surface area contributed by atoms with Crippen LogP contribution in [0.3, 0.4) is 0 Å². The molecule has 0 radical (unpaired) electrons. The van der Waals surface area contributed by atoms with E-state index in [9.17, 15) is 9.59 Å². The topological polar surface area (TPSA) is 87.0 Å². The Labute approximate surface area is 190 Å². The minimum atomic E-state index is -0.270. The molecule has 4 rings (SSSR count). The minimum Gasteiger partial charge on any atom is -0.497 e. The van der Waals surface area contributed by atoms with E-state index in [1.54, 1.807) is 67.8 Å². The van der Waals surface area contributed by atoms with Gasteiger partial charge in [-0.15, -0.1) is 0 Å². The van der Waals surface area contributed by atoms with Crippen molar-refractivity contribution in [1.29, 1.82) is 0 Å². The van der Waals surface area contributed by atoms with Gasteiger partial charge in [0.1, 0.15) is 11.3 Å². The summed E-state index contributed by atoms with van der Waals surface area (Å²) in [6, 6.07) is 17.1. The summed E-state index contributed by atoms with van der Waals surface area (Å²) >= 11 is 0. The molecule has 1 heterocycles. The van der Waals surface area contributed by atoms with E-state index in [0.29, 0.717) is 45.2 Å². The lowest BCUT2D eigenvalue weighted by molar-refractivity contribution is 0.101. The maximum absolute atomic E-state index is 13.1. The molecule has 0 saturated heterocycles. The molecule has 1 amide bonds. The van der Waals surface area contributed by atoms with Gasteiger partial charge in [0.15, 0.2) is 17.3 Å². The van der Waals surface area contributed by atoms with Crippen molar-refractivity contribution in [3.63, 3.8) is 0 Å². The van der Waals surface area contributed by atoms with E-state index in [-0.39, 0.29) is 17.5 Å². The van der Waals surface area contributed by atoms with Gasteiger partial charge in [-0.2, -0.15) is 0 Å². The monoisotopic (exact) mass is 445 g/mol. The zero-order valence-electron chi connectivity index (χ0n) is 18.7. The van der Waals surface area contributed by atoms with Crippen molar-refractivity contribution in [3.8, 4) is 17.2 Å². The highest BCUT2D eigenvalue weighted by molar-refractivity contribution is 6.11. The number of ether oxygens (including phenoxy) is 3. The minimum absolute atomic E-state index is 0.232. The van der Waals surface area contributed by atoms with Gasteiger partial charge in [-0.25, -0.2) is 0 Å². The van der Waals surface area contributed by atoms with Gasteiger partial charge in [-0.3, -0.25) is 9.59 Å². The number of rotatable bonds is 7. The van der Waals surface area contributed by atoms with Crippen LogP contribution < -0.4 is 19.5 Å². The number of hydrogen-bond donors (Lipinski definition) is 1. The van der Waals surface area contributed by atoms with E-state index in [0.717, 1.165) is 5.39 Å². The first-order chi connectivity index (χ1) is 15.9. The van der Waals surface area contributed by atoms with Crippen LogP contribution in [0.2, 0.25) is 0 Å². The van der Waals surface area contributed by atoms with E-state index < -0.39 is 0 Å². The average molecular weight is 445 g/mol. The molecular weight excluding hydrogens is 422 g/mol. The van der Waals surface area contributed by atoms with Crippen molar-refractivity contribution in [2.24, 2.45) is 0 Å². The van der Waals surface area contributed by atoms with Gasteiger partial charge >= 0.3 is 0 Å². The van der Waals surface area contributed by atoms with Crippen molar-refractivity contribution in [2.75, 3.05) is 26.6 Å². The first-order valence-corrected chi connectivity index (χ1v) is 10.2. The maximum atomic E-state index is 13.1. The van der Waals surface area contributed by atoms with Crippen molar-refractivity contribution in [1.82, 2.24) is 0 Å². The summed E-state index contributed by atoms with van der Waals surface area (Å²) in [6.07, 6.45) is 0. The molecule has 3 aromatic carbocycles. The number of aryl methyl sites for hydroxylation is 1. The van der Waals surface area contributed by atoms with Crippen LogP contribution in [0.15, 0.2) is 65.1 Å². The lowest BCUT2D eigenvalue weighted by atomic mass is 10.0. The second kappa shape index (κ2) is 9.08. The summed E-state index contributed by atoms with van der Waals surface area (Å²) in [5, 5.41) is 3.62. The van der Waals surface area contributed by atoms with E-state index in [2.05, 4.69) is 5.32 Å². The van der Waals surface area contributed by atoms with Gasteiger partial charge in [0, 0.05) is 27.8 Å². The molecule has 1 N–H and O–H groups in total. The highest BCUT2D eigenvalue weighted by Gasteiger charge is 2.21. The van der Waals surface area contributed by atoms with Gasteiger partial charge in [0.2, 0.25) is 5.78 Å². The molecule has 0 aliphatic carbocycles. The molecule has 0 saturated carbocycles. The summed E-state index contributed by atoms with van der Waals surface area (Å²) in [5.74, 6) is 1.38. The van der Waals surface area contributed by atoms with Crippen LogP contribution >= 0.6 is 0 Å². The van der Waals surface area contributed by atoms with Crippen LogP contribution in [0.4, 0.5) is 5.69 Å². The Bertz CT molecular complexity index is 1340. The van der Waals surface area contributed by atoms with E-state index >= 15 is 0 Å². The fourth-order valence-electron chi connectivity index (χ4n) is 3.57. The molecule has 168 valence electrons. The van der Waals surface area contributed by atoms with Crippen LogP contribution in [0.1, 0.15) is 32.0 Å². The molecule has 0 unspecified atom stereocenters. The van der Waals surface area contributed by atoms with Crippen molar-refractivity contribution in [2.45, 2.75) is 6.92 Å². The Morgan fingerprint density at radius 1 is 0.788 bits per heavy atom. The van der Waals surface area contributed by atoms with Crippen LogP contribution in [0, 0.1) is 6.92 Å². The number of fused-ring (bicyclic) bond motifs is 1. The SMILES string of the molecule is COc1ccc(C(=O)Nc2ccc3oc(C(=O)c4ccc(OC)c(OC)c4)c(C)c3c2)cc1. The third-order valence-electron chi connectivity index (χ3n) is 5.40. The average Bonchev–Trinajstić information content (AvgIpc) is 3.18. The second-order valence-electron chi connectivity index (χ2n) is 7.35. The first-order valence-electron chi connectivity index (χ1n) is 10.2. The number of benzene rings is 3. The van der Waals surface area contributed by atoms with Gasteiger partial charge in [-0.05, 0) is 67.6 Å². The zero-order chi connectivity index (χ0) is 23.5. The highest BCUT2D eigenvalue weighted by Crippen LogP contribution is 2.32. The molecule has 0 fully saturated rings. The Hall–Kier alpha value is -4.26. The van der Waals surface area contributed by atoms with Crippen molar-refractivity contribution >= 4 is 28.3 Å². The molecule has 7 nitrogen and oxygen atoms in total. The summed E-state index contributed by atoms with van der Waals surface area (Å²) in [6.45, 7) is 1.81. The quantitative estimate of drug-likeness (QED) is 0.391. The second-order valence-corrected chi connectivity index (χ2v) is 7.35. The standard InChI is InChI=1S/C26H23NO6/c1-15-20-14-18(27-26(29)16-5-9-19(30-2)10-6-16)8-12-21(20)33-25(15)24(28)17-7-11-22(31-3)23(13-17)32-4/h5-14H,1-4H3,(H,27,29). The highest BCUT2D eigenvalue weighted by atomic mass is 16.5. The van der Waals surface area contributed by atoms with E-state index in [1.165, 1.54) is 14.2 Å². The number of anilines is 1. The van der Waals surface area contributed by atoms with Crippen LogP contribution in [0.5, 0.6) is 17.2 Å². The molecule has 0 atom stereocenters. The van der Waals surface area contributed by atoms with Gasteiger partial charge < -0.3 is 23.9 Å². The molecule has 0 spiro atoms. The fraction of sp³-hybridized carbons (Fsp3) is 0.154. The third kappa shape index (κ3) is 4.25. The van der Waals surface area contributed by atoms with Gasteiger partial charge in [0.25, 0.3) is 5.91 Å². The largest absolute Gasteiger partial charge is 0.497 e. The Morgan fingerprint density at radius 3 is 2.15 bits per heavy atom. The number of amides is 1. The number of carbonyl (C=O) groups is 2. The van der Waals surface area contributed by atoms with E-state index in [4.69, 9.17) is 18.6 Å². The number of hydrogen-bond acceptors (Lipinski definition) is 6. The number of furan rings is 1. The predicted octanol–water partition coefficient (Wildman–Crippen LogP) is 5.25. The predicted molar refractivity (Wildman–Crippen MR) is 125 cm³/mol. The Morgan fingerprint density at radius 2 is 1.48 bits per heavy atom. The summed E-state index contributed by atoms with van der Waals surface area (Å²) in [4.78, 5) is 25.7. The van der Waals surface area contributed by atoms with E-state index in [1.807, 2.05) is 6.92 Å². The smallest absolute Gasteiger partial charge is 0.255 e. The Balaban J connectivity index is 1.61. The first kappa shape index (κ1) is 22.0. The number of carbonyl (C=O) groups excluding carboxylic acids is 2. The number of nitrogens with one attached hydrogen (secondary N) is 1. The molecule has 0 aliphatic heterocycles. The molecule has 4 aromatic rings. The zero-order valence-corrected chi connectivity index (χ0v) is 18.7. The number of ketones is 1. The summed E-state index contributed by atoms with van der Waals surface area (Å²) < 4.78 is 21.5. The van der Waals surface area contributed by atoms with Crippen LogP contribution in [0.25, 0.3) is 11.0 Å². The normalized spacial score (nSPS) is 10.7. The molecule has 33 heavy (non-hydrogen) atoms. The summed E-state index contributed by atoms with van der Waals surface area (Å²) in [5.41, 5.74) is 2.76. The molecule has 0 aliphatic rings. The Kier molecular flexibility index (Phi) is 6.04. The van der Waals surface area contributed by atoms with Gasteiger partial charge in [0.05, 0.1) is 21.3 Å². The molecule has 0 bridgehead atoms.